The summed E-state index contributed by atoms with van der Waals surface area (Å²) in [6, 6.07) is 6.66. The summed E-state index contributed by atoms with van der Waals surface area (Å²) in [5, 5.41) is 10.6. The van der Waals surface area contributed by atoms with Crippen LogP contribution in [0.3, 0.4) is 0 Å². The van der Waals surface area contributed by atoms with Crippen LogP contribution in [0.15, 0.2) is 28.8 Å². The molecule has 144 valence electrons. The summed E-state index contributed by atoms with van der Waals surface area (Å²) < 4.78 is 5.12. The lowest BCUT2D eigenvalue weighted by Crippen LogP contribution is -2.46. The average Bonchev–Trinajstić information content (AvgIpc) is 3.24. The summed E-state index contributed by atoms with van der Waals surface area (Å²) in [4.78, 5) is 28.8. The Labute approximate surface area is 162 Å². The molecule has 27 heavy (non-hydrogen) atoms. The van der Waals surface area contributed by atoms with Gasteiger partial charge in [0, 0.05) is 18.9 Å². The third-order valence-electron chi connectivity index (χ3n) is 4.83. The van der Waals surface area contributed by atoms with E-state index in [0.29, 0.717) is 16.7 Å². The summed E-state index contributed by atoms with van der Waals surface area (Å²) in [5.74, 6) is 0.622. The van der Waals surface area contributed by atoms with E-state index in [0.717, 1.165) is 31.2 Å². The van der Waals surface area contributed by atoms with Gasteiger partial charge in [0.1, 0.15) is 5.54 Å². The molecular formula is C19H23ClN4O3. The van der Waals surface area contributed by atoms with Gasteiger partial charge in [-0.3, -0.25) is 9.59 Å². The Morgan fingerprint density at radius 1 is 1.26 bits per heavy atom. The van der Waals surface area contributed by atoms with Crippen molar-refractivity contribution in [3.63, 3.8) is 0 Å². The largest absolute Gasteiger partial charge is 0.349 e. The predicted molar refractivity (Wildman–Crippen MR) is 100.0 cm³/mol. The number of aromatic nitrogens is 2. The van der Waals surface area contributed by atoms with Crippen molar-refractivity contribution in [2.45, 2.75) is 57.5 Å². The number of benzene rings is 1. The molecule has 1 aromatic carbocycles. The summed E-state index contributed by atoms with van der Waals surface area (Å²) in [6.07, 6.45) is 3.62. The van der Waals surface area contributed by atoms with Crippen molar-refractivity contribution < 1.29 is 14.1 Å². The van der Waals surface area contributed by atoms with E-state index in [1.165, 1.54) is 6.92 Å². The average molecular weight is 391 g/mol. The Bertz CT molecular complexity index is 813. The van der Waals surface area contributed by atoms with Gasteiger partial charge in [0.15, 0.2) is 5.82 Å². The smallest absolute Gasteiger partial charge is 0.223 e. The van der Waals surface area contributed by atoms with Crippen LogP contribution >= 0.6 is 11.6 Å². The van der Waals surface area contributed by atoms with Gasteiger partial charge in [-0.15, -0.1) is 0 Å². The number of nitrogens with zero attached hydrogens (tertiary/aromatic N) is 2. The number of amides is 2. The molecule has 1 aromatic heterocycles. The number of carbonyl (C=O) groups excluding carboxylic acids is 2. The van der Waals surface area contributed by atoms with E-state index in [4.69, 9.17) is 16.1 Å². The van der Waals surface area contributed by atoms with Gasteiger partial charge >= 0.3 is 0 Å². The van der Waals surface area contributed by atoms with Gasteiger partial charge in [0.05, 0.1) is 12.5 Å². The summed E-state index contributed by atoms with van der Waals surface area (Å²) in [6.45, 7) is 3.16. The van der Waals surface area contributed by atoms with Gasteiger partial charge in [-0.1, -0.05) is 41.7 Å². The zero-order valence-electron chi connectivity index (χ0n) is 15.4. The molecule has 3 rings (SSSR count). The molecule has 2 aromatic rings. The quantitative estimate of drug-likeness (QED) is 0.789. The minimum atomic E-state index is -0.602. The van der Waals surface area contributed by atoms with Gasteiger partial charge in [-0.25, -0.2) is 0 Å². The minimum Gasteiger partial charge on any atom is -0.349 e. The monoisotopic (exact) mass is 390 g/mol. The molecule has 0 aliphatic heterocycles. The van der Waals surface area contributed by atoms with Crippen molar-refractivity contribution in [3.8, 4) is 0 Å². The molecule has 1 heterocycles. The molecule has 0 spiro atoms. The van der Waals surface area contributed by atoms with Crippen molar-refractivity contribution in [2.24, 2.45) is 0 Å². The van der Waals surface area contributed by atoms with Gasteiger partial charge < -0.3 is 15.2 Å². The lowest BCUT2D eigenvalue weighted by atomic mass is 9.95. The van der Waals surface area contributed by atoms with Crippen molar-refractivity contribution in [2.75, 3.05) is 0 Å². The van der Waals surface area contributed by atoms with Crippen LogP contribution in [0.5, 0.6) is 0 Å². The highest BCUT2D eigenvalue weighted by atomic mass is 35.5. The normalized spacial score (nSPS) is 16.7. The number of hydrogen-bond donors (Lipinski definition) is 2. The molecule has 8 heteroatoms. The van der Waals surface area contributed by atoms with Crippen molar-refractivity contribution in [1.82, 2.24) is 20.8 Å². The highest BCUT2D eigenvalue weighted by Crippen LogP contribution is 2.37. The van der Waals surface area contributed by atoms with E-state index in [2.05, 4.69) is 20.8 Å². The molecule has 1 saturated carbocycles. The Balaban J connectivity index is 1.76. The zero-order chi connectivity index (χ0) is 19.4. The molecule has 1 aliphatic rings. The van der Waals surface area contributed by atoms with Crippen LogP contribution in [0, 0.1) is 6.92 Å². The molecule has 7 nitrogen and oxygen atoms in total. The van der Waals surface area contributed by atoms with E-state index >= 15 is 0 Å². The number of hydrogen-bond acceptors (Lipinski definition) is 5. The van der Waals surface area contributed by atoms with Crippen LogP contribution in [0.4, 0.5) is 0 Å². The molecule has 0 saturated heterocycles. The Morgan fingerprint density at radius 3 is 2.48 bits per heavy atom. The second-order valence-corrected chi connectivity index (χ2v) is 7.42. The first-order valence-corrected chi connectivity index (χ1v) is 9.40. The van der Waals surface area contributed by atoms with E-state index in [1.54, 1.807) is 19.1 Å². The molecule has 0 radical (unpaired) electrons. The highest BCUT2D eigenvalue weighted by Gasteiger charge is 2.41. The van der Waals surface area contributed by atoms with Crippen molar-refractivity contribution in [3.05, 3.63) is 46.6 Å². The zero-order valence-corrected chi connectivity index (χ0v) is 16.2. The van der Waals surface area contributed by atoms with Gasteiger partial charge in [0.25, 0.3) is 0 Å². The predicted octanol–water partition coefficient (Wildman–Crippen LogP) is 3.18. The van der Waals surface area contributed by atoms with E-state index in [-0.39, 0.29) is 18.2 Å². The highest BCUT2D eigenvalue weighted by molar-refractivity contribution is 6.30. The standard InChI is InChI=1S/C19H23ClN4O3/c1-12(25)21-16(14-5-7-15(20)8-6-14)11-17(26)23-19(9-3-4-10-19)18-22-13(2)27-24-18/h5-8,16H,3-4,9-11H2,1-2H3,(H,21,25)(H,23,26). The Hall–Kier alpha value is -2.41. The lowest BCUT2D eigenvalue weighted by molar-refractivity contribution is -0.124. The maximum atomic E-state index is 12.8. The fraction of sp³-hybridized carbons (Fsp3) is 0.474. The lowest BCUT2D eigenvalue weighted by Gasteiger charge is -2.28. The minimum absolute atomic E-state index is 0.111. The van der Waals surface area contributed by atoms with Crippen molar-refractivity contribution >= 4 is 23.4 Å². The van der Waals surface area contributed by atoms with Crippen LogP contribution < -0.4 is 10.6 Å². The van der Waals surface area contributed by atoms with Crippen molar-refractivity contribution in [1.29, 1.82) is 0 Å². The fourth-order valence-electron chi connectivity index (χ4n) is 3.57. The topological polar surface area (TPSA) is 97.1 Å². The first-order valence-electron chi connectivity index (χ1n) is 9.02. The second-order valence-electron chi connectivity index (χ2n) is 6.98. The summed E-state index contributed by atoms with van der Waals surface area (Å²) in [5.41, 5.74) is 0.218. The van der Waals surface area contributed by atoms with Gasteiger partial charge in [-0.2, -0.15) is 4.98 Å². The molecule has 1 unspecified atom stereocenters. The summed E-state index contributed by atoms with van der Waals surface area (Å²) >= 11 is 5.94. The first-order chi connectivity index (χ1) is 12.9. The van der Waals surface area contributed by atoms with Gasteiger partial charge in [-0.05, 0) is 30.5 Å². The summed E-state index contributed by atoms with van der Waals surface area (Å²) in [7, 11) is 0. The Kier molecular flexibility index (Phi) is 5.79. The van der Waals surface area contributed by atoms with E-state index < -0.39 is 11.6 Å². The third-order valence-corrected chi connectivity index (χ3v) is 5.08. The molecule has 1 aliphatic carbocycles. The maximum absolute atomic E-state index is 12.8. The van der Waals surface area contributed by atoms with Crippen LogP contribution in [0.1, 0.15) is 62.3 Å². The number of rotatable bonds is 6. The third kappa shape index (κ3) is 4.66. The number of nitrogens with one attached hydrogen (secondary N) is 2. The number of carbonyl (C=O) groups is 2. The number of aryl methyl sites for hydroxylation is 1. The van der Waals surface area contributed by atoms with E-state index in [1.807, 2.05) is 12.1 Å². The van der Waals surface area contributed by atoms with Gasteiger partial charge in [0.2, 0.25) is 17.7 Å². The van der Waals surface area contributed by atoms with Crippen LogP contribution in [0.25, 0.3) is 0 Å². The fourth-order valence-corrected chi connectivity index (χ4v) is 3.70. The molecule has 0 bridgehead atoms. The second kappa shape index (κ2) is 8.08. The SMILES string of the molecule is CC(=O)NC(CC(=O)NC1(c2noc(C)n2)CCCC1)c1ccc(Cl)cc1. The van der Waals surface area contributed by atoms with Crippen LogP contribution in [0.2, 0.25) is 5.02 Å². The van der Waals surface area contributed by atoms with E-state index in [9.17, 15) is 9.59 Å². The molecule has 2 amide bonds. The first kappa shape index (κ1) is 19.4. The number of halogens is 1. The Morgan fingerprint density at radius 2 is 1.93 bits per heavy atom. The maximum Gasteiger partial charge on any atom is 0.223 e. The molecule has 2 N–H and O–H groups in total. The molecular weight excluding hydrogens is 368 g/mol. The van der Waals surface area contributed by atoms with Crippen LogP contribution in [-0.2, 0) is 15.1 Å². The molecule has 1 atom stereocenters. The molecule has 1 fully saturated rings. The van der Waals surface area contributed by atoms with Crippen LogP contribution in [-0.4, -0.2) is 22.0 Å².